The van der Waals surface area contributed by atoms with Gasteiger partial charge in [0.15, 0.2) is 0 Å². The number of hydrogen-bond acceptors (Lipinski definition) is 5. The molecule has 0 atom stereocenters. The molecule has 0 heterocycles. The molecule has 0 rings (SSSR count). The molecule has 0 aromatic rings. The molecule has 0 saturated carbocycles. The Morgan fingerprint density at radius 2 is 1.18 bits per heavy atom. The minimum Gasteiger partial charge on any atom is -1.00 e. The first-order valence-electron chi connectivity index (χ1n) is 11.1. The number of rotatable bonds is 20. The van der Waals surface area contributed by atoms with Crippen LogP contribution in [-0.4, -0.2) is 33.7 Å². The van der Waals surface area contributed by atoms with Crippen LogP contribution < -0.4 is 34.9 Å². The minimum atomic E-state index is -3.73. The van der Waals surface area contributed by atoms with Crippen molar-refractivity contribution < 1.29 is 48.4 Å². The van der Waals surface area contributed by atoms with Gasteiger partial charge in [0.2, 0.25) is 0 Å². The van der Waals surface area contributed by atoms with E-state index in [1.54, 1.807) is 7.05 Å². The Kier molecular flexibility index (Phi) is 24.1. The fourth-order valence-corrected chi connectivity index (χ4v) is 4.00. The maximum absolute atomic E-state index is 11.5. The number of hydrogen-bond donors (Lipinski definition) is 1. The van der Waals surface area contributed by atoms with Crippen LogP contribution in [0.4, 0.5) is 0 Å². The summed E-state index contributed by atoms with van der Waals surface area (Å²) in [6.07, 6.45) is 19.1. The Morgan fingerprint density at radius 1 is 0.786 bits per heavy atom. The summed E-state index contributed by atoms with van der Waals surface area (Å²) in [5.41, 5.74) is 0. The number of carbonyl (C=O) groups is 1. The second kappa shape index (κ2) is 22.1. The molecule has 0 radical (unpaired) electrons. The van der Waals surface area contributed by atoms with Gasteiger partial charge >= 0.3 is 45.6 Å². The van der Waals surface area contributed by atoms with Crippen molar-refractivity contribution in [2.75, 3.05) is 19.3 Å². The molecule has 164 valence electrons. The molecule has 0 fully saturated rings. The molecule has 28 heavy (non-hydrogen) atoms. The fraction of sp³-hybridized carbons (Fsp3) is 0.952. The van der Waals surface area contributed by atoms with Crippen molar-refractivity contribution in [3.8, 4) is 0 Å². The molecular formula is C21H44NNaO4S. The third kappa shape index (κ3) is 22.7. The second-order valence-electron chi connectivity index (χ2n) is 7.52. The first-order chi connectivity index (χ1) is 13.0. The molecule has 1 N–H and O–H groups in total. The summed E-state index contributed by atoms with van der Waals surface area (Å²) in [6, 6.07) is 0. The van der Waals surface area contributed by atoms with Crippen molar-refractivity contribution in [1.82, 2.24) is 5.32 Å². The first kappa shape index (κ1) is 30.6. The average Bonchev–Trinajstić information content (AvgIpc) is 2.63. The third-order valence-corrected chi connectivity index (χ3v) is 5.95. The molecule has 0 aliphatic carbocycles. The smallest absolute Gasteiger partial charge is 1.00 e. The van der Waals surface area contributed by atoms with Gasteiger partial charge < -0.3 is 10.9 Å². The van der Waals surface area contributed by atoms with Gasteiger partial charge in [0, 0.05) is 13.0 Å². The van der Waals surface area contributed by atoms with Gasteiger partial charge in [-0.25, -0.2) is 0 Å². The van der Waals surface area contributed by atoms with Crippen molar-refractivity contribution in [3.05, 3.63) is 0 Å². The number of unbranched alkanes of at least 4 members (excludes halogenated alkanes) is 14. The van der Waals surface area contributed by atoms with E-state index in [1.807, 2.05) is 0 Å². The quantitative estimate of drug-likeness (QED) is 0.183. The van der Waals surface area contributed by atoms with Crippen LogP contribution in [0.1, 0.15) is 111 Å². The Hall–Kier alpha value is 0.380. The summed E-state index contributed by atoms with van der Waals surface area (Å²) in [6.45, 7) is 2.54. The first-order valence-corrected chi connectivity index (χ1v) is 12.7. The summed E-state index contributed by atoms with van der Waals surface area (Å²) >= 11 is 0. The van der Waals surface area contributed by atoms with Crippen LogP contribution in [-0.2, 0) is 19.1 Å². The maximum atomic E-state index is 11.5. The number of carbonyl (C=O) groups excluding carboxylic acids is 1. The zero-order valence-electron chi connectivity index (χ0n) is 19.8. The normalized spacial score (nSPS) is 11.2. The molecule has 0 aliphatic rings. The zero-order chi connectivity index (χ0) is 20.2. The SMILES string of the molecule is CCCCCCCCCCCCCCCCCC(=O)OS(=O)(=O)CCNC.[H-].[Na+]. The molecule has 0 bridgehead atoms. The van der Waals surface area contributed by atoms with E-state index in [4.69, 9.17) is 0 Å². The fourth-order valence-electron chi connectivity index (χ4n) is 3.09. The summed E-state index contributed by atoms with van der Waals surface area (Å²) in [5, 5.41) is 2.73. The molecule has 0 saturated heterocycles. The van der Waals surface area contributed by atoms with E-state index in [-0.39, 0.29) is 49.7 Å². The third-order valence-electron chi connectivity index (χ3n) is 4.81. The number of nitrogens with one attached hydrogen (secondary N) is 1. The average molecular weight is 430 g/mol. The molecule has 0 aliphatic heterocycles. The standard InChI is InChI=1S/C21H43NO4S.Na.H/c1-3-4-5-6-7-8-9-10-11-12-13-14-15-16-17-18-21(23)26-27(24,25)20-19-22-2;;/h22H,3-20H2,1-2H3;;/q;+1;-1. The zero-order valence-corrected chi connectivity index (χ0v) is 21.6. The summed E-state index contributed by atoms with van der Waals surface area (Å²) in [7, 11) is -2.07. The van der Waals surface area contributed by atoms with Crippen LogP contribution in [0.25, 0.3) is 0 Å². The monoisotopic (exact) mass is 429 g/mol. The second-order valence-corrected chi connectivity index (χ2v) is 9.21. The van der Waals surface area contributed by atoms with E-state index in [1.165, 1.54) is 77.0 Å². The Balaban J connectivity index is -0.00000338. The van der Waals surface area contributed by atoms with Gasteiger partial charge in [-0.15, -0.1) is 0 Å². The Morgan fingerprint density at radius 3 is 1.57 bits per heavy atom. The molecule has 0 unspecified atom stereocenters. The van der Waals surface area contributed by atoms with Gasteiger partial charge in [0.25, 0.3) is 0 Å². The predicted molar refractivity (Wildman–Crippen MR) is 114 cm³/mol. The Labute approximate surface area is 198 Å². The molecule has 0 aromatic carbocycles. The van der Waals surface area contributed by atoms with Crippen molar-refractivity contribution in [1.29, 1.82) is 0 Å². The van der Waals surface area contributed by atoms with Crippen LogP contribution in [0.5, 0.6) is 0 Å². The topological polar surface area (TPSA) is 72.5 Å². The largest absolute Gasteiger partial charge is 1.00 e. The summed E-state index contributed by atoms with van der Waals surface area (Å²) in [5.74, 6) is -0.797. The van der Waals surface area contributed by atoms with E-state index >= 15 is 0 Å². The molecule has 0 amide bonds. The van der Waals surface area contributed by atoms with Crippen molar-refractivity contribution in [3.63, 3.8) is 0 Å². The van der Waals surface area contributed by atoms with E-state index < -0.39 is 16.1 Å². The van der Waals surface area contributed by atoms with E-state index in [2.05, 4.69) is 16.4 Å². The maximum Gasteiger partial charge on any atom is 1.00 e. The molecule has 0 spiro atoms. The van der Waals surface area contributed by atoms with E-state index in [0.717, 1.165) is 12.8 Å². The van der Waals surface area contributed by atoms with Crippen molar-refractivity contribution in [2.24, 2.45) is 0 Å². The van der Waals surface area contributed by atoms with E-state index in [0.29, 0.717) is 6.42 Å². The van der Waals surface area contributed by atoms with Gasteiger partial charge in [-0.05, 0) is 13.5 Å². The van der Waals surface area contributed by atoms with Crippen LogP contribution in [0.2, 0.25) is 0 Å². The van der Waals surface area contributed by atoms with Gasteiger partial charge in [-0.1, -0.05) is 96.8 Å². The molecular weight excluding hydrogens is 385 g/mol. The van der Waals surface area contributed by atoms with Crippen LogP contribution in [0.15, 0.2) is 0 Å². The van der Waals surface area contributed by atoms with E-state index in [9.17, 15) is 13.2 Å². The van der Waals surface area contributed by atoms with Gasteiger partial charge in [0.1, 0.15) is 0 Å². The minimum absolute atomic E-state index is 0. The van der Waals surface area contributed by atoms with Gasteiger partial charge in [-0.3, -0.25) is 4.79 Å². The Bertz CT molecular complexity index is 450. The predicted octanol–water partition coefficient (Wildman–Crippen LogP) is 2.46. The van der Waals surface area contributed by atoms with Gasteiger partial charge in [-0.2, -0.15) is 8.42 Å². The van der Waals surface area contributed by atoms with Gasteiger partial charge in [0.05, 0.1) is 5.75 Å². The van der Waals surface area contributed by atoms with Crippen LogP contribution in [0, 0.1) is 0 Å². The molecule has 5 nitrogen and oxygen atoms in total. The summed E-state index contributed by atoms with van der Waals surface area (Å²) in [4.78, 5) is 11.5. The van der Waals surface area contributed by atoms with Crippen LogP contribution in [0.3, 0.4) is 0 Å². The molecule has 0 aromatic heterocycles. The molecule has 7 heteroatoms. The van der Waals surface area contributed by atoms with Crippen molar-refractivity contribution in [2.45, 2.75) is 110 Å². The van der Waals surface area contributed by atoms with Crippen LogP contribution >= 0.6 is 0 Å². The van der Waals surface area contributed by atoms with Crippen molar-refractivity contribution >= 4 is 16.1 Å². The summed E-state index contributed by atoms with van der Waals surface area (Å²) < 4.78 is 27.5.